The maximum Gasteiger partial charge on any atom is 0.244 e. The Balaban J connectivity index is 1.85. The quantitative estimate of drug-likeness (QED) is 0.896. The Morgan fingerprint density at radius 2 is 1.80 bits per heavy atom. The molecule has 0 radical (unpaired) electrons. The van der Waals surface area contributed by atoms with E-state index in [0.717, 1.165) is 25.7 Å². The molecule has 1 atom stereocenters. The molecule has 2 aliphatic rings. The number of nitrogens with zero attached hydrogens (tertiary/aromatic N) is 1. The second-order valence-corrected chi connectivity index (χ2v) is 6.57. The van der Waals surface area contributed by atoms with Gasteiger partial charge in [-0.15, -0.1) is 0 Å². The molecule has 1 aromatic carbocycles. The van der Waals surface area contributed by atoms with E-state index in [-0.39, 0.29) is 17.6 Å². The first-order valence-corrected chi connectivity index (χ1v) is 7.68. The third-order valence-corrected chi connectivity index (χ3v) is 4.91. The summed E-state index contributed by atoms with van der Waals surface area (Å²) in [5.74, 6) is 0.814. The summed E-state index contributed by atoms with van der Waals surface area (Å²) in [5.41, 5.74) is 2.25. The Morgan fingerprint density at radius 3 is 2.35 bits per heavy atom. The van der Waals surface area contributed by atoms with Crippen molar-refractivity contribution in [2.24, 2.45) is 0 Å². The third-order valence-electron chi connectivity index (χ3n) is 4.91. The van der Waals surface area contributed by atoms with Gasteiger partial charge in [0.05, 0.1) is 5.54 Å². The number of hydrogen-bond donors (Lipinski definition) is 1. The number of hydrogen-bond acceptors (Lipinski definition) is 2. The van der Waals surface area contributed by atoms with Gasteiger partial charge in [0.2, 0.25) is 5.91 Å². The average Bonchev–Trinajstić information content (AvgIpc) is 3.01. The van der Waals surface area contributed by atoms with E-state index in [1.54, 1.807) is 0 Å². The summed E-state index contributed by atoms with van der Waals surface area (Å²) in [6.07, 6.45) is 4.31. The summed E-state index contributed by atoms with van der Waals surface area (Å²) >= 11 is 0. The topological polar surface area (TPSA) is 32.3 Å². The van der Waals surface area contributed by atoms with Crippen LogP contribution in [-0.4, -0.2) is 23.4 Å². The van der Waals surface area contributed by atoms with E-state index in [9.17, 15) is 4.79 Å². The number of rotatable bonds is 2. The van der Waals surface area contributed by atoms with E-state index in [4.69, 9.17) is 0 Å². The molecule has 1 N–H and O–H groups in total. The Hall–Kier alpha value is -1.35. The predicted octanol–water partition coefficient (Wildman–Crippen LogP) is 3.18. The maximum absolute atomic E-state index is 12.6. The van der Waals surface area contributed by atoms with E-state index >= 15 is 0 Å². The molecule has 1 unspecified atom stereocenters. The van der Waals surface area contributed by atoms with Crippen LogP contribution in [0, 0.1) is 0 Å². The standard InChI is InChI=1S/C17H24N2O/c1-12(2)13-6-8-14(9-7-13)15-18-17(10-4-5-11-17)16(20)19(15)3/h6-9,12,15,18H,4-5,10-11H2,1-3H3. The fourth-order valence-electron chi connectivity index (χ4n) is 3.58. The number of benzene rings is 1. The molecule has 1 spiro atoms. The van der Waals surface area contributed by atoms with Gasteiger partial charge in [0.25, 0.3) is 0 Å². The zero-order valence-electron chi connectivity index (χ0n) is 12.6. The first kappa shape index (κ1) is 13.6. The van der Waals surface area contributed by atoms with Crippen molar-refractivity contribution in [3.05, 3.63) is 35.4 Å². The monoisotopic (exact) mass is 272 g/mol. The normalized spacial score (nSPS) is 25.1. The molecule has 1 saturated carbocycles. The summed E-state index contributed by atoms with van der Waals surface area (Å²) in [6.45, 7) is 4.40. The summed E-state index contributed by atoms with van der Waals surface area (Å²) in [5, 5.41) is 3.61. The molecule has 1 aliphatic heterocycles. The summed E-state index contributed by atoms with van der Waals surface area (Å²) < 4.78 is 0. The van der Waals surface area contributed by atoms with Gasteiger partial charge in [-0.3, -0.25) is 10.1 Å². The number of likely N-dealkylation sites (N-methyl/N-ethyl adjacent to an activating group) is 1. The van der Waals surface area contributed by atoms with Gasteiger partial charge >= 0.3 is 0 Å². The van der Waals surface area contributed by atoms with Crippen molar-refractivity contribution in [3.8, 4) is 0 Å². The lowest BCUT2D eigenvalue weighted by Gasteiger charge is -2.21. The van der Waals surface area contributed by atoms with Gasteiger partial charge in [0.15, 0.2) is 0 Å². The van der Waals surface area contributed by atoms with Crippen molar-refractivity contribution < 1.29 is 4.79 Å². The average molecular weight is 272 g/mol. The molecule has 1 heterocycles. The zero-order valence-corrected chi connectivity index (χ0v) is 12.6. The lowest BCUT2D eigenvalue weighted by molar-refractivity contribution is -0.132. The Morgan fingerprint density at radius 1 is 1.20 bits per heavy atom. The first-order valence-electron chi connectivity index (χ1n) is 7.68. The van der Waals surface area contributed by atoms with Gasteiger partial charge < -0.3 is 4.90 Å². The highest BCUT2D eigenvalue weighted by Gasteiger charge is 2.51. The van der Waals surface area contributed by atoms with E-state index < -0.39 is 0 Å². The Kier molecular flexibility index (Phi) is 3.33. The van der Waals surface area contributed by atoms with Crippen LogP contribution in [-0.2, 0) is 4.79 Å². The predicted molar refractivity (Wildman–Crippen MR) is 80.4 cm³/mol. The molecule has 0 aromatic heterocycles. The van der Waals surface area contributed by atoms with Crippen molar-refractivity contribution in [2.45, 2.75) is 57.2 Å². The molecule has 3 nitrogen and oxygen atoms in total. The molecule has 1 aromatic rings. The van der Waals surface area contributed by atoms with Crippen LogP contribution in [0.15, 0.2) is 24.3 Å². The summed E-state index contributed by atoms with van der Waals surface area (Å²) in [7, 11) is 1.92. The van der Waals surface area contributed by atoms with Crippen molar-refractivity contribution in [3.63, 3.8) is 0 Å². The first-order chi connectivity index (χ1) is 9.53. The number of carbonyl (C=O) groups is 1. The van der Waals surface area contributed by atoms with Crippen molar-refractivity contribution in [2.75, 3.05) is 7.05 Å². The fourth-order valence-corrected chi connectivity index (χ4v) is 3.58. The van der Waals surface area contributed by atoms with Crippen molar-refractivity contribution in [1.29, 1.82) is 0 Å². The fraction of sp³-hybridized carbons (Fsp3) is 0.588. The van der Waals surface area contributed by atoms with E-state index in [1.807, 2.05) is 11.9 Å². The second kappa shape index (κ2) is 4.88. The van der Waals surface area contributed by atoms with Crippen LogP contribution in [0.1, 0.15) is 62.7 Å². The molecule has 0 bridgehead atoms. The molecule has 3 heteroatoms. The Labute approximate surface area is 121 Å². The highest BCUT2D eigenvalue weighted by Crippen LogP contribution is 2.40. The van der Waals surface area contributed by atoms with Crippen LogP contribution in [0.3, 0.4) is 0 Å². The summed E-state index contributed by atoms with van der Waals surface area (Å²) in [6, 6.07) is 8.68. The highest BCUT2D eigenvalue weighted by atomic mass is 16.2. The molecule has 20 heavy (non-hydrogen) atoms. The minimum absolute atomic E-state index is 0.0295. The van der Waals surface area contributed by atoms with Crippen LogP contribution in [0.4, 0.5) is 0 Å². The largest absolute Gasteiger partial charge is 0.324 e. The minimum Gasteiger partial charge on any atom is -0.324 e. The molecular formula is C17H24N2O. The Bertz CT molecular complexity index is 500. The summed E-state index contributed by atoms with van der Waals surface area (Å²) in [4.78, 5) is 14.4. The van der Waals surface area contributed by atoms with Crippen LogP contribution in [0.25, 0.3) is 0 Å². The highest BCUT2D eigenvalue weighted by molar-refractivity contribution is 5.89. The lowest BCUT2D eigenvalue weighted by Crippen LogP contribution is -2.43. The van der Waals surface area contributed by atoms with Gasteiger partial charge in [0, 0.05) is 7.05 Å². The minimum atomic E-state index is -0.282. The lowest BCUT2D eigenvalue weighted by atomic mass is 9.98. The van der Waals surface area contributed by atoms with Gasteiger partial charge in [-0.05, 0) is 29.9 Å². The molecule has 2 fully saturated rings. The van der Waals surface area contributed by atoms with Gasteiger partial charge in [-0.25, -0.2) is 0 Å². The van der Waals surface area contributed by atoms with Crippen molar-refractivity contribution >= 4 is 5.91 Å². The molecule has 3 rings (SSSR count). The van der Waals surface area contributed by atoms with Crippen LogP contribution < -0.4 is 5.32 Å². The number of carbonyl (C=O) groups excluding carboxylic acids is 1. The van der Waals surface area contributed by atoms with Crippen LogP contribution in [0.2, 0.25) is 0 Å². The molecular weight excluding hydrogens is 248 g/mol. The van der Waals surface area contributed by atoms with E-state index in [0.29, 0.717) is 5.92 Å². The molecule has 1 amide bonds. The van der Waals surface area contributed by atoms with Gasteiger partial charge in [0.1, 0.15) is 6.17 Å². The van der Waals surface area contributed by atoms with Gasteiger partial charge in [-0.2, -0.15) is 0 Å². The van der Waals surface area contributed by atoms with E-state index in [1.165, 1.54) is 11.1 Å². The molecule has 1 saturated heterocycles. The third kappa shape index (κ3) is 2.05. The van der Waals surface area contributed by atoms with E-state index in [2.05, 4.69) is 43.4 Å². The molecule has 108 valence electrons. The SMILES string of the molecule is CC(C)c1ccc(C2NC3(CCCC3)C(=O)N2C)cc1. The number of nitrogens with one attached hydrogen (secondary N) is 1. The van der Waals surface area contributed by atoms with Crippen LogP contribution in [0.5, 0.6) is 0 Å². The van der Waals surface area contributed by atoms with Crippen LogP contribution >= 0.6 is 0 Å². The molecule has 1 aliphatic carbocycles. The number of amides is 1. The second-order valence-electron chi connectivity index (χ2n) is 6.57. The van der Waals surface area contributed by atoms with Crippen molar-refractivity contribution in [1.82, 2.24) is 10.2 Å². The zero-order chi connectivity index (χ0) is 14.3. The maximum atomic E-state index is 12.6. The van der Waals surface area contributed by atoms with Gasteiger partial charge in [-0.1, -0.05) is 51.0 Å². The smallest absolute Gasteiger partial charge is 0.244 e.